The van der Waals surface area contributed by atoms with E-state index in [0.29, 0.717) is 5.16 Å². The van der Waals surface area contributed by atoms with Crippen LogP contribution in [-0.4, -0.2) is 32.2 Å². The number of aromatic nitrogens is 4. The van der Waals surface area contributed by atoms with Gasteiger partial charge < -0.3 is 4.79 Å². The summed E-state index contributed by atoms with van der Waals surface area (Å²) in [6.45, 7) is 1.77. The molecule has 0 radical (unpaired) electrons. The van der Waals surface area contributed by atoms with Crippen LogP contribution < -0.4 is 0 Å². The van der Waals surface area contributed by atoms with Crippen LogP contribution in [0.4, 0.5) is 0 Å². The molecular weight excluding hydrogens is 152 g/mol. The van der Waals surface area contributed by atoms with Crippen molar-refractivity contribution < 1.29 is 4.79 Å². The second kappa shape index (κ2) is 3.31. The molecule has 1 aromatic heterocycles. The number of hydrogen-bond donors (Lipinski definition) is 1. The third-order valence-corrected chi connectivity index (χ3v) is 1.68. The van der Waals surface area contributed by atoms with E-state index in [9.17, 15) is 4.79 Å². The minimum Gasteiger partial charge on any atom is -0.302 e. The first-order chi connectivity index (χ1) is 4.83. The van der Waals surface area contributed by atoms with Crippen molar-refractivity contribution in [3.05, 3.63) is 0 Å². The largest absolute Gasteiger partial charge is 0.302 e. The summed E-state index contributed by atoms with van der Waals surface area (Å²) < 4.78 is 0. The van der Waals surface area contributed by atoms with Crippen LogP contribution in [0.5, 0.6) is 0 Å². The third-order valence-electron chi connectivity index (χ3n) is 0.809. The standard InChI is InChI=1S/C4H6N4OS/c1-3(2-9)10-4-5-7-8-6-4/h2-3H,1H3,(H,5,6,7,8). The Kier molecular flexibility index (Phi) is 2.38. The lowest BCUT2D eigenvalue weighted by atomic mass is 10.5. The van der Waals surface area contributed by atoms with Crippen molar-refractivity contribution in [3.63, 3.8) is 0 Å². The molecule has 0 amide bonds. The van der Waals surface area contributed by atoms with Gasteiger partial charge in [0.15, 0.2) is 0 Å². The summed E-state index contributed by atoms with van der Waals surface area (Å²) in [6, 6.07) is 0. The molecule has 1 rings (SSSR count). The van der Waals surface area contributed by atoms with E-state index in [1.807, 2.05) is 0 Å². The van der Waals surface area contributed by atoms with Crippen LogP contribution in [0, 0.1) is 0 Å². The number of H-pyrrole nitrogens is 1. The number of carbonyl (C=O) groups is 1. The highest BCUT2D eigenvalue weighted by molar-refractivity contribution is 8.00. The van der Waals surface area contributed by atoms with E-state index >= 15 is 0 Å². The summed E-state index contributed by atoms with van der Waals surface area (Å²) >= 11 is 1.27. The second-order valence-electron chi connectivity index (χ2n) is 1.65. The SMILES string of the molecule is CC(C=O)Sc1nn[nH]n1. The Morgan fingerprint density at radius 1 is 1.80 bits per heavy atom. The lowest BCUT2D eigenvalue weighted by Crippen LogP contribution is -1.96. The zero-order valence-electron chi connectivity index (χ0n) is 5.31. The number of nitrogens with one attached hydrogen (secondary N) is 1. The van der Waals surface area contributed by atoms with Gasteiger partial charge in [-0.2, -0.15) is 5.21 Å². The Hall–Kier alpha value is -0.910. The topological polar surface area (TPSA) is 71.5 Å². The molecule has 1 unspecified atom stereocenters. The lowest BCUT2D eigenvalue weighted by Gasteiger charge is -1.93. The molecule has 1 N–H and O–H groups in total. The van der Waals surface area contributed by atoms with Crippen LogP contribution in [0.2, 0.25) is 0 Å². The summed E-state index contributed by atoms with van der Waals surface area (Å²) in [4.78, 5) is 10.1. The van der Waals surface area contributed by atoms with Gasteiger partial charge >= 0.3 is 0 Å². The molecule has 0 saturated carbocycles. The van der Waals surface area contributed by atoms with Crippen LogP contribution in [0.1, 0.15) is 6.92 Å². The van der Waals surface area contributed by atoms with Crippen molar-refractivity contribution in [2.45, 2.75) is 17.3 Å². The van der Waals surface area contributed by atoms with Gasteiger partial charge in [-0.05, 0) is 12.1 Å². The molecule has 1 heterocycles. The molecular formula is C4H6N4OS. The molecule has 1 atom stereocenters. The average molecular weight is 158 g/mol. The lowest BCUT2D eigenvalue weighted by molar-refractivity contribution is -0.107. The Balaban J connectivity index is 2.47. The van der Waals surface area contributed by atoms with Crippen molar-refractivity contribution in [2.75, 3.05) is 0 Å². The normalized spacial score (nSPS) is 12.9. The first-order valence-electron chi connectivity index (χ1n) is 2.68. The fourth-order valence-corrected chi connectivity index (χ4v) is 0.966. The number of nitrogens with zero attached hydrogens (tertiary/aromatic N) is 3. The molecule has 0 spiro atoms. The molecule has 5 nitrogen and oxygen atoms in total. The van der Waals surface area contributed by atoms with Crippen LogP contribution in [0.3, 0.4) is 0 Å². The van der Waals surface area contributed by atoms with Crippen molar-refractivity contribution in [3.8, 4) is 0 Å². The van der Waals surface area contributed by atoms with Crippen LogP contribution in [0.25, 0.3) is 0 Å². The first-order valence-corrected chi connectivity index (χ1v) is 3.56. The van der Waals surface area contributed by atoms with Gasteiger partial charge in [-0.15, -0.1) is 10.2 Å². The highest BCUT2D eigenvalue weighted by Gasteiger charge is 2.04. The van der Waals surface area contributed by atoms with Gasteiger partial charge in [-0.25, -0.2) is 0 Å². The van der Waals surface area contributed by atoms with E-state index in [0.717, 1.165) is 6.29 Å². The molecule has 6 heteroatoms. The van der Waals surface area contributed by atoms with Crippen molar-refractivity contribution in [2.24, 2.45) is 0 Å². The zero-order valence-corrected chi connectivity index (χ0v) is 6.13. The molecule has 0 aliphatic heterocycles. The van der Waals surface area contributed by atoms with Crippen LogP contribution >= 0.6 is 11.8 Å². The number of rotatable bonds is 3. The van der Waals surface area contributed by atoms with Crippen molar-refractivity contribution in [1.82, 2.24) is 20.6 Å². The van der Waals surface area contributed by atoms with Crippen LogP contribution in [-0.2, 0) is 4.79 Å². The minimum atomic E-state index is -0.113. The zero-order chi connectivity index (χ0) is 7.40. The molecule has 0 aliphatic rings. The second-order valence-corrected chi connectivity index (χ2v) is 3.00. The summed E-state index contributed by atoms with van der Waals surface area (Å²) in [7, 11) is 0. The summed E-state index contributed by atoms with van der Waals surface area (Å²) in [6.07, 6.45) is 0.834. The highest BCUT2D eigenvalue weighted by Crippen LogP contribution is 2.14. The monoisotopic (exact) mass is 158 g/mol. The van der Waals surface area contributed by atoms with Gasteiger partial charge in [0.25, 0.3) is 0 Å². The van der Waals surface area contributed by atoms with E-state index in [-0.39, 0.29) is 5.25 Å². The Morgan fingerprint density at radius 3 is 3.10 bits per heavy atom. The van der Waals surface area contributed by atoms with Gasteiger partial charge in [-0.3, -0.25) is 0 Å². The number of aromatic amines is 1. The third kappa shape index (κ3) is 1.80. The fourth-order valence-electron chi connectivity index (χ4n) is 0.397. The number of carbonyl (C=O) groups excluding carboxylic acids is 1. The number of aldehydes is 1. The van der Waals surface area contributed by atoms with E-state index in [4.69, 9.17) is 0 Å². The Morgan fingerprint density at radius 2 is 2.60 bits per heavy atom. The molecule has 54 valence electrons. The van der Waals surface area contributed by atoms with Gasteiger partial charge in [-0.1, -0.05) is 11.8 Å². The van der Waals surface area contributed by atoms with E-state index in [1.54, 1.807) is 6.92 Å². The van der Waals surface area contributed by atoms with Gasteiger partial charge in [0.1, 0.15) is 6.29 Å². The number of tetrazole rings is 1. The van der Waals surface area contributed by atoms with Gasteiger partial charge in [0.05, 0.1) is 5.25 Å². The quantitative estimate of drug-likeness (QED) is 0.490. The number of thioether (sulfide) groups is 1. The maximum Gasteiger partial charge on any atom is 0.231 e. The van der Waals surface area contributed by atoms with E-state index in [2.05, 4.69) is 20.6 Å². The summed E-state index contributed by atoms with van der Waals surface area (Å²) in [5.41, 5.74) is 0. The first kappa shape index (κ1) is 7.20. The predicted octanol–water partition coefficient (Wildman–Crippen LogP) is -0.121. The number of hydrogen-bond acceptors (Lipinski definition) is 5. The molecule has 0 saturated heterocycles. The summed E-state index contributed by atoms with van der Waals surface area (Å²) in [5.74, 6) is 0. The Bertz CT molecular complexity index is 199. The van der Waals surface area contributed by atoms with Gasteiger partial charge in [0.2, 0.25) is 5.16 Å². The minimum absolute atomic E-state index is 0.113. The molecule has 0 aromatic carbocycles. The van der Waals surface area contributed by atoms with E-state index < -0.39 is 0 Å². The average Bonchev–Trinajstić information content (AvgIpc) is 2.40. The maximum absolute atomic E-state index is 10.1. The maximum atomic E-state index is 10.1. The van der Waals surface area contributed by atoms with Crippen LogP contribution in [0.15, 0.2) is 5.16 Å². The van der Waals surface area contributed by atoms with Gasteiger partial charge in [0, 0.05) is 0 Å². The smallest absolute Gasteiger partial charge is 0.231 e. The predicted molar refractivity (Wildman–Crippen MR) is 35.6 cm³/mol. The van der Waals surface area contributed by atoms with E-state index in [1.165, 1.54) is 11.8 Å². The molecule has 0 bridgehead atoms. The van der Waals surface area contributed by atoms with Crippen molar-refractivity contribution in [1.29, 1.82) is 0 Å². The van der Waals surface area contributed by atoms with Crippen molar-refractivity contribution >= 4 is 18.0 Å². The highest BCUT2D eigenvalue weighted by atomic mass is 32.2. The molecule has 0 aliphatic carbocycles. The Labute approximate surface area is 61.6 Å². The summed E-state index contributed by atoms with van der Waals surface area (Å²) in [5, 5.41) is 13.3. The molecule has 1 aromatic rings. The fraction of sp³-hybridized carbons (Fsp3) is 0.500. The molecule has 0 fully saturated rings. The molecule has 10 heavy (non-hydrogen) atoms.